The SMILES string of the molecule is C=CCCCC#CC(N)CCC. The van der Waals surface area contributed by atoms with Gasteiger partial charge in [0, 0.05) is 6.42 Å². The number of nitrogens with two attached hydrogens (primary N) is 1. The highest BCUT2D eigenvalue weighted by Crippen LogP contribution is 1.95. The van der Waals surface area contributed by atoms with E-state index in [4.69, 9.17) is 5.73 Å². The molecule has 0 rings (SSSR count). The fourth-order valence-electron chi connectivity index (χ4n) is 0.921. The Bertz CT molecular complexity index is 162. The van der Waals surface area contributed by atoms with E-state index in [-0.39, 0.29) is 6.04 Å². The molecule has 0 radical (unpaired) electrons. The second-order valence-electron chi connectivity index (χ2n) is 2.90. The number of unbranched alkanes of at least 4 members (excludes halogenated alkanes) is 2. The molecule has 12 heavy (non-hydrogen) atoms. The zero-order valence-electron chi connectivity index (χ0n) is 7.97. The highest BCUT2D eigenvalue weighted by atomic mass is 14.6. The monoisotopic (exact) mass is 165 g/mol. The zero-order chi connectivity index (χ0) is 9.23. The van der Waals surface area contributed by atoms with Crippen LogP contribution in [-0.4, -0.2) is 6.04 Å². The molecule has 0 bridgehead atoms. The van der Waals surface area contributed by atoms with Crippen LogP contribution in [0, 0.1) is 11.8 Å². The normalized spacial score (nSPS) is 11.5. The van der Waals surface area contributed by atoms with Crippen molar-refractivity contribution in [1.29, 1.82) is 0 Å². The molecule has 0 fully saturated rings. The molecule has 0 aromatic heterocycles. The van der Waals surface area contributed by atoms with E-state index in [1.165, 1.54) is 0 Å². The summed E-state index contributed by atoms with van der Waals surface area (Å²) < 4.78 is 0. The van der Waals surface area contributed by atoms with Crippen LogP contribution in [0.15, 0.2) is 12.7 Å². The molecule has 0 saturated heterocycles. The van der Waals surface area contributed by atoms with E-state index in [0.717, 1.165) is 32.1 Å². The fourth-order valence-corrected chi connectivity index (χ4v) is 0.921. The van der Waals surface area contributed by atoms with Gasteiger partial charge in [0.1, 0.15) is 0 Å². The standard InChI is InChI=1S/C11H19N/c1-3-5-6-7-8-10-11(12)9-4-2/h3,11H,1,4-7,9,12H2,2H3. The molecule has 68 valence electrons. The second-order valence-corrected chi connectivity index (χ2v) is 2.90. The fraction of sp³-hybridized carbons (Fsp3) is 0.636. The average Bonchev–Trinajstić information content (AvgIpc) is 2.05. The molecule has 1 nitrogen and oxygen atoms in total. The molecule has 2 N–H and O–H groups in total. The van der Waals surface area contributed by atoms with E-state index >= 15 is 0 Å². The van der Waals surface area contributed by atoms with Crippen molar-refractivity contribution in [2.75, 3.05) is 0 Å². The summed E-state index contributed by atoms with van der Waals surface area (Å²) in [5, 5.41) is 0. The van der Waals surface area contributed by atoms with Crippen LogP contribution < -0.4 is 5.73 Å². The van der Waals surface area contributed by atoms with Crippen molar-refractivity contribution < 1.29 is 0 Å². The Morgan fingerprint density at radius 1 is 1.58 bits per heavy atom. The van der Waals surface area contributed by atoms with E-state index in [2.05, 4.69) is 25.3 Å². The lowest BCUT2D eigenvalue weighted by Crippen LogP contribution is -2.16. The van der Waals surface area contributed by atoms with Gasteiger partial charge in [0.05, 0.1) is 6.04 Å². The minimum atomic E-state index is 0.0822. The molecule has 0 aliphatic carbocycles. The topological polar surface area (TPSA) is 26.0 Å². The number of rotatable bonds is 5. The van der Waals surface area contributed by atoms with Gasteiger partial charge in [-0.2, -0.15) is 0 Å². The number of hydrogen-bond acceptors (Lipinski definition) is 1. The first-order valence-electron chi connectivity index (χ1n) is 4.66. The summed E-state index contributed by atoms with van der Waals surface area (Å²) in [4.78, 5) is 0. The zero-order valence-corrected chi connectivity index (χ0v) is 7.97. The average molecular weight is 165 g/mol. The highest BCUT2D eigenvalue weighted by molar-refractivity contribution is 5.06. The third-order valence-corrected chi connectivity index (χ3v) is 1.60. The minimum Gasteiger partial charge on any atom is -0.318 e. The molecule has 0 aliphatic rings. The van der Waals surface area contributed by atoms with Gasteiger partial charge in [-0.15, -0.1) is 12.5 Å². The van der Waals surface area contributed by atoms with Crippen LogP contribution in [0.2, 0.25) is 0 Å². The smallest absolute Gasteiger partial charge is 0.0664 e. The summed E-state index contributed by atoms with van der Waals surface area (Å²) >= 11 is 0. The molecule has 0 amide bonds. The molecule has 0 saturated carbocycles. The van der Waals surface area contributed by atoms with Crippen LogP contribution in [0.4, 0.5) is 0 Å². The maximum absolute atomic E-state index is 5.71. The van der Waals surface area contributed by atoms with Crippen molar-refractivity contribution in [3.63, 3.8) is 0 Å². The number of allylic oxidation sites excluding steroid dienone is 1. The van der Waals surface area contributed by atoms with Gasteiger partial charge in [0.2, 0.25) is 0 Å². The Hall–Kier alpha value is -0.740. The van der Waals surface area contributed by atoms with E-state index in [1.807, 2.05) is 6.08 Å². The lowest BCUT2D eigenvalue weighted by Gasteiger charge is -1.98. The summed E-state index contributed by atoms with van der Waals surface area (Å²) in [5.74, 6) is 6.12. The molecular weight excluding hydrogens is 146 g/mol. The third kappa shape index (κ3) is 7.37. The predicted octanol–water partition coefficient (Wildman–Crippen LogP) is 2.47. The van der Waals surface area contributed by atoms with Gasteiger partial charge in [-0.25, -0.2) is 0 Å². The Morgan fingerprint density at radius 2 is 2.33 bits per heavy atom. The Morgan fingerprint density at radius 3 is 2.92 bits per heavy atom. The summed E-state index contributed by atoms with van der Waals surface area (Å²) in [7, 11) is 0. The van der Waals surface area contributed by atoms with Crippen molar-refractivity contribution in [2.45, 2.75) is 45.1 Å². The molecule has 0 aliphatic heterocycles. The predicted molar refractivity (Wildman–Crippen MR) is 54.7 cm³/mol. The van der Waals surface area contributed by atoms with E-state index in [0.29, 0.717) is 0 Å². The summed E-state index contributed by atoms with van der Waals surface area (Å²) in [6.45, 7) is 5.77. The molecule has 0 spiro atoms. The largest absolute Gasteiger partial charge is 0.318 e. The number of hydrogen-bond donors (Lipinski definition) is 1. The molecular formula is C11H19N. The van der Waals surface area contributed by atoms with E-state index < -0.39 is 0 Å². The van der Waals surface area contributed by atoms with Crippen LogP contribution in [0.1, 0.15) is 39.0 Å². The molecule has 1 unspecified atom stereocenters. The maximum Gasteiger partial charge on any atom is 0.0664 e. The molecule has 0 aromatic carbocycles. The second kappa shape index (κ2) is 8.36. The maximum atomic E-state index is 5.71. The van der Waals surface area contributed by atoms with Crippen molar-refractivity contribution in [3.05, 3.63) is 12.7 Å². The van der Waals surface area contributed by atoms with Crippen molar-refractivity contribution >= 4 is 0 Å². The summed E-state index contributed by atoms with van der Waals surface area (Å²) in [6.07, 6.45) is 7.15. The lowest BCUT2D eigenvalue weighted by molar-refractivity contribution is 0.719. The first kappa shape index (κ1) is 11.3. The van der Waals surface area contributed by atoms with Gasteiger partial charge in [-0.3, -0.25) is 0 Å². The van der Waals surface area contributed by atoms with Gasteiger partial charge in [-0.05, 0) is 19.3 Å². The van der Waals surface area contributed by atoms with Gasteiger partial charge in [-0.1, -0.05) is 25.3 Å². The lowest BCUT2D eigenvalue weighted by atomic mass is 10.1. The van der Waals surface area contributed by atoms with Crippen LogP contribution in [0.3, 0.4) is 0 Å². The van der Waals surface area contributed by atoms with Gasteiger partial charge >= 0.3 is 0 Å². The first-order chi connectivity index (χ1) is 5.81. The van der Waals surface area contributed by atoms with E-state index in [9.17, 15) is 0 Å². The van der Waals surface area contributed by atoms with Crippen LogP contribution in [0.5, 0.6) is 0 Å². The summed E-state index contributed by atoms with van der Waals surface area (Å²) in [5.41, 5.74) is 5.71. The highest BCUT2D eigenvalue weighted by Gasteiger charge is 1.91. The Labute approximate surface area is 76.0 Å². The van der Waals surface area contributed by atoms with Gasteiger partial charge < -0.3 is 5.73 Å². The van der Waals surface area contributed by atoms with Crippen molar-refractivity contribution in [3.8, 4) is 11.8 Å². The molecule has 0 aromatic rings. The van der Waals surface area contributed by atoms with Gasteiger partial charge in [0.25, 0.3) is 0 Å². The van der Waals surface area contributed by atoms with Crippen molar-refractivity contribution in [2.24, 2.45) is 5.73 Å². The van der Waals surface area contributed by atoms with Crippen LogP contribution in [-0.2, 0) is 0 Å². The molecule has 0 heterocycles. The molecule has 1 heteroatoms. The third-order valence-electron chi connectivity index (χ3n) is 1.60. The Kier molecular flexibility index (Phi) is 7.84. The quantitative estimate of drug-likeness (QED) is 0.378. The van der Waals surface area contributed by atoms with Gasteiger partial charge in [0.15, 0.2) is 0 Å². The summed E-state index contributed by atoms with van der Waals surface area (Å²) in [6, 6.07) is 0.0822. The minimum absolute atomic E-state index is 0.0822. The first-order valence-corrected chi connectivity index (χ1v) is 4.66. The molecule has 1 atom stereocenters. The Balaban J connectivity index is 3.37. The van der Waals surface area contributed by atoms with Crippen LogP contribution in [0.25, 0.3) is 0 Å². The van der Waals surface area contributed by atoms with E-state index in [1.54, 1.807) is 0 Å². The van der Waals surface area contributed by atoms with Crippen molar-refractivity contribution in [1.82, 2.24) is 0 Å². The van der Waals surface area contributed by atoms with Crippen LogP contribution >= 0.6 is 0 Å².